The lowest BCUT2D eigenvalue weighted by atomic mass is 10.2. The molecule has 0 aromatic rings. The molecule has 78 valence electrons. The zero-order valence-electron chi connectivity index (χ0n) is 8.46. The third kappa shape index (κ3) is 7.34. The Morgan fingerprint density at radius 2 is 1.36 bits per heavy atom. The van der Waals surface area contributed by atoms with Gasteiger partial charge in [0, 0.05) is 12.8 Å². The summed E-state index contributed by atoms with van der Waals surface area (Å²) in [4.78, 5) is 40.5. The van der Waals surface area contributed by atoms with E-state index in [1.54, 1.807) is 0 Å². The monoisotopic (exact) mass is 198 g/mol. The molecule has 1 rings (SSSR count). The standard InChI is InChI=1S/C5H6O2.C5H8O2/c6-4-1-2-5(7)3-4;1-4(6)3-5(2)7/h1-3H2;3H2,1-2H3. The Morgan fingerprint density at radius 3 is 1.43 bits per heavy atom. The maximum absolute atomic E-state index is 10.2. The Balaban J connectivity index is 0.000000241. The summed E-state index contributed by atoms with van der Waals surface area (Å²) in [5.41, 5.74) is 0. The SMILES string of the molecule is CC(=O)CC(C)=O.O=C1CCC(=O)C1. The number of ketones is 4. The molecule has 1 fully saturated rings. The highest BCUT2D eigenvalue weighted by Crippen LogP contribution is 2.07. The average molecular weight is 198 g/mol. The Bertz CT molecular complexity index is 239. The molecule has 0 aliphatic heterocycles. The molecule has 0 aromatic heterocycles. The van der Waals surface area contributed by atoms with Crippen molar-refractivity contribution in [2.24, 2.45) is 0 Å². The van der Waals surface area contributed by atoms with Crippen molar-refractivity contribution in [3.8, 4) is 0 Å². The first kappa shape index (κ1) is 12.7. The third-order valence-corrected chi connectivity index (χ3v) is 1.57. The van der Waals surface area contributed by atoms with Crippen LogP contribution in [0, 0.1) is 0 Å². The van der Waals surface area contributed by atoms with E-state index in [-0.39, 0.29) is 36.0 Å². The zero-order chi connectivity index (χ0) is 11.1. The molecule has 1 aliphatic carbocycles. The van der Waals surface area contributed by atoms with Crippen LogP contribution in [-0.2, 0) is 19.2 Å². The lowest BCUT2D eigenvalue weighted by Gasteiger charge is -1.81. The van der Waals surface area contributed by atoms with E-state index in [4.69, 9.17) is 0 Å². The second kappa shape index (κ2) is 6.18. The highest BCUT2D eigenvalue weighted by molar-refractivity contribution is 6.05. The topological polar surface area (TPSA) is 68.3 Å². The fourth-order valence-corrected chi connectivity index (χ4v) is 1.03. The summed E-state index contributed by atoms with van der Waals surface area (Å²) in [5.74, 6) is 0.0787. The minimum Gasteiger partial charge on any atom is -0.300 e. The molecule has 0 unspecified atom stereocenters. The van der Waals surface area contributed by atoms with E-state index in [1.807, 2.05) is 0 Å². The van der Waals surface area contributed by atoms with Crippen molar-refractivity contribution in [1.29, 1.82) is 0 Å². The predicted octanol–water partition coefficient (Wildman–Crippen LogP) is 0.863. The molecule has 4 nitrogen and oxygen atoms in total. The number of Topliss-reactive ketones (excluding diaryl/α,β-unsaturated/α-hetero) is 4. The van der Waals surface area contributed by atoms with Crippen LogP contribution in [0.3, 0.4) is 0 Å². The van der Waals surface area contributed by atoms with Crippen LogP contribution in [0.2, 0.25) is 0 Å². The molecule has 0 spiro atoms. The van der Waals surface area contributed by atoms with Gasteiger partial charge >= 0.3 is 0 Å². The minimum atomic E-state index is -0.0625. The van der Waals surface area contributed by atoms with Crippen molar-refractivity contribution in [2.45, 2.75) is 39.5 Å². The van der Waals surface area contributed by atoms with Gasteiger partial charge in [0.15, 0.2) is 0 Å². The molecule has 1 saturated carbocycles. The van der Waals surface area contributed by atoms with Gasteiger partial charge in [0.2, 0.25) is 0 Å². The Labute approximate surface area is 82.7 Å². The highest BCUT2D eigenvalue weighted by atomic mass is 16.2. The van der Waals surface area contributed by atoms with E-state index in [9.17, 15) is 19.2 Å². The van der Waals surface area contributed by atoms with Gasteiger partial charge in [-0.15, -0.1) is 0 Å². The van der Waals surface area contributed by atoms with Gasteiger partial charge in [-0.3, -0.25) is 19.2 Å². The first-order chi connectivity index (χ1) is 6.41. The van der Waals surface area contributed by atoms with Crippen LogP contribution in [0.4, 0.5) is 0 Å². The van der Waals surface area contributed by atoms with Gasteiger partial charge in [-0.25, -0.2) is 0 Å². The minimum absolute atomic E-state index is 0.0625. The molecule has 0 amide bonds. The van der Waals surface area contributed by atoms with Gasteiger partial charge in [0.25, 0.3) is 0 Å². The zero-order valence-corrected chi connectivity index (χ0v) is 8.46. The van der Waals surface area contributed by atoms with Crippen molar-refractivity contribution in [1.82, 2.24) is 0 Å². The van der Waals surface area contributed by atoms with Gasteiger partial charge in [-0.1, -0.05) is 0 Å². The van der Waals surface area contributed by atoms with E-state index in [2.05, 4.69) is 0 Å². The molecular weight excluding hydrogens is 184 g/mol. The van der Waals surface area contributed by atoms with Crippen molar-refractivity contribution in [3.63, 3.8) is 0 Å². The van der Waals surface area contributed by atoms with Gasteiger partial charge < -0.3 is 0 Å². The highest BCUT2D eigenvalue weighted by Gasteiger charge is 2.17. The van der Waals surface area contributed by atoms with Crippen LogP contribution >= 0.6 is 0 Å². The summed E-state index contributed by atoms with van der Waals surface area (Å²) in [6.07, 6.45) is 1.25. The summed E-state index contributed by atoms with van der Waals surface area (Å²) in [6, 6.07) is 0. The summed E-state index contributed by atoms with van der Waals surface area (Å²) in [6.45, 7) is 2.81. The third-order valence-electron chi connectivity index (χ3n) is 1.57. The Hall–Kier alpha value is -1.32. The molecule has 0 atom stereocenters. The summed E-state index contributed by atoms with van der Waals surface area (Å²) >= 11 is 0. The Kier molecular flexibility index (Phi) is 5.60. The molecular formula is C10H14O4. The molecule has 0 saturated heterocycles. The molecule has 0 aromatic carbocycles. The summed E-state index contributed by atoms with van der Waals surface area (Å²) < 4.78 is 0. The largest absolute Gasteiger partial charge is 0.300 e. The van der Waals surface area contributed by atoms with Gasteiger partial charge in [0.1, 0.15) is 23.1 Å². The van der Waals surface area contributed by atoms with Crippen LogP contribution < -0.4 is 0 Å². The average Bonchev–Trinajstić information content (AvgIpc) is 2.32. The van der Waals surface area contributed by atoms with Gasteiger partial charge in [-0.05, 0) is 13.8 Å². The summed E-state index contributed by atoms with van der Waals surface area (Å²) in [5, 5.41) is 0. The second-order valence-electron chi connectivity index (χ2n) is 3.33. The molecule has 0 N–H and O–H groups in total. The molecule has 1 aliphatic rings. The van der Waals surface area contributed by atoms with Gasteiger partial charge in [-0.2, -0.15) is 0 Å². The van der Waals surface area contributed by atoms with Crippen molar-refractivity contribution in [3.05, 3.63) is 0 Å². The lowest BCUT2D eigenvalue weighted by molar-refractivity contribution is -0.125. The predicted molar refractivity (Wildman–Crippen MR) is 49.8 cm³/mol. The Morgan fingerprint density at radius 1 is 1.00 bits per heavy atom. The lowest BCUT2D eigenvalue weighted by Crippen LogP contribution is -1.97. The number of carbonyl (C=O) groups excluding carboxylic acids is 4. The van der Waals surface area contributed by atoms with Gasteiger partial charge in [0.05, 0.1) is 12.8 Å². The molecule has 0 radical (unpaired) electrons. The smallest absolute Gasteiger partial charge is 0.140 e. The van der Waals surface area contributed by atoms with Crippen molar-refractivity contribution < 1.29 is 19.2 Å². The van der Waals surface area contributed by atoms with Crippen LogP contribution in [0.5, 0.6) is 0 Å². The second-order valence-corrected chi connectivity index (χ2v) is 3.33. The number of carbonyl (C=O) groups is 4. The molecule has 14 heavy (non-hydrogen) atoms. The first-order valence-corrected chi connectivity index (χ1v) is 4.44. The van der Waals surface area contributed by atoms with Crippen molar-refractivity contribution >= 4 is 23.1 Å². The van der Waals surface area contributed by atoms with E-state index >= 15 is 0 Å². The fourth-order valence-electron chi connectivity index (χ4n) is 1.03. The number of hydrogen-bond donors (Lipinski definition) is 0. The molecule has 4 heteroatoms. The number of hydrogen-bond acceptors (Lipinski definition) is 4. The fraction of sp³-hybridized carbons (Fsp3) is 0.600. The van der Waals surface area contributed by atoms with Crippen molar-refractivity contribution in [2.75, 3.05) is 0 Å². The van der Waals surface area contributed by atoms with E-state index < -0.39 is 0 Å². The molecule has 0 heterocycles. The summed E-state index contributed by atoms with van der Waals surface area (Å²) in [7, 11) is 0. The van der Waals surface area contributed by atoms with Crippen LogP contribution in [0.15, 0.2) is 0 Å². The van der Waals surface area contributed by atoms with E-state index in [0.717, 1.165) is 0 Å². The first-order valence-electron chi connectivity index (χ1n) is 4.44. The van der Waals surface area contributed by atoms with Crippen LogP contribution in [-0.4, -0.2) is 23.1 Å². The maximum atomic E-state index is 10.2. The maximum Gasteiger partial charge on any atom is 0.140 e. The van der Waals surface area contributed by atoms with Crippen LogP contribution in [0.1, 0.15) is 39.5 Å². The van der Waals surface area contributed by atoms with E-state index in [1.165, 1.54) is 13.8 Å². The quantitative estimate of drug-likeness (QED) is 0.617. The van der Waals surface area contributed by atoms with Crippen LogP contribution in [0.25, 0.3) is 0 Å². The molecule has 0 bridgehead atoms. The normalized spacial score (nSPS) is 14.7. The van der Waals surface area contributed by atoms with E-state index in [0.29, 0.717) is 12.8 Å². The number of rotatable bonds is 2.